The molecule has 22 heavy (non-hydrogen) atoms. The highest BCUT2D eigenvalue weighted by Crippen LogP contribution is 2.09. The van der Waals surface area contributed by atoms with Gasteiger partial charge in [0, 0.05) is 45.1 Å². The quantitative estimate of drug-likeness (QED) is 0.669. The Balaban J connectivity index is 1.93. The summed E-state index contributed by atoms with van der Waals surface area (Å²) in [6.45, 7) is 0.886. The average Bonchev–Trinajstić information content (AvgIpc) is 2.94. The van der Waals surface area contributed by atoms with Crippen molar-refractivity contribution in [2.75, 3.05) is 7.05 Å². The highest BCUT2D eigenvalue weighted by Gasteiger charge is 2.05. The van der Waals surface area contributed by atoms with Crippen molar-refractivity contribution >= 4 is 5.96 Å². The number of aromatic nitrogens is 1. The number of benzene rings is 1. The van der Waals surface area contributed by atoms with Gasteiger partial charge in [-0.2, -0.15) is 5.26 Å². The molecule has 1 aromatic heterocycles. The summed E-state index contributed by atoms with van der Waals surface area (Å²) in [5.41, 5.74) is 2.00. The third kappa shape index (κ3) is 4.09. The van der Waals surface area contributed by atoms with Crippen LogP contribution in [0.25, 0.3) is 0 Å². The van der Waals surface area contributed by atoms with Crippen molar-refractivity contribution in [1.82, 2.24) is 15.2 Å². The number of rotatable bonds is 4. The predicted octanol–water partition coefficient (Wildman–Crippen LogP) is 1.90. The molecule has 1 heterocycles. The van der Waals surface area contributed by atoms with Gasteiger partial charge in [-0.1, -0.05) is 0 Å². The van der Waals surface area contributed by atoms with Crippen LogP contribution in [0.3, 0.4) is 0 Å². The number of halogens is 1. The predicted molar refractivity (Wildman–Crippen MR) is 83.6 cm³/mol. The van der Waals surface area contributed by atoms with E-state index in [1.54, 1.807) is 7.05 Å². The van der Waals surface area contributed by atoms with Crippen LogP contribution >= 0.6 is 0 Å². The molecule has 0 fully saturated rings. The number of hydrogen-bond donors (Lipinski definition) is 2. The first-order valence-corrected chi connectivity index (χ1v) is 6.86. The first-order valence-electron chi connectivity index (χ1n) is 6.86. The number of nitrogens with zero attached hydrogens (tertiary/aromatic N) is 3. The molecule has 2 N–H and O–H groups in total. The van der Waals surface area contributed by atoms with E-state index in [0.29, 0.717) is 23.6 Å². The van der Waals surface area contributed by atoms with Gasteiger partial charge in [0.15, 0.2) is 5.96 Å². The van der Waals surface area contributed by atoms with Crippen molar-refractivity contribution in [3.8, 4) is 6.07 Å². The molecule has 6 heteroatoms. The summed E-state index contributed by atoms with van der Waals surface area (Å²) in [5.74, 6) is 0.232. The molecule has 0 saturated heterocycles. The van der Waals surface area contributed by atoms with Gasteiger partial charge < -0.3 is 15.2 Å². The van der Waals surface area contributed by atoms with E-state index in [1.807, 2.05) is 36.1 Å². The van der Waals surface area contributed by atoms with Gasteiger partial charge >= 0.3 is 0 Å². The van der Waals surface area contributed by atoms with E-state index in [0.717, 1.165) is 5.56 Å². The third-order valence-electron chi connectivity index (χ3n) is 3.20. The van der Waals surface area contributed by atoms with Crippen LogP contribution in [0.2, 0.25) is 0 Å². The fourth-order valence-electron chi connectivity index (χ4n) is 2.03. The van der Waals surface area contributed by atoms with Crippen LogP contribution in [0.5, 0.6) is 0 Å². The molecule has 2 rings (SSSR count). The van der Waals surface area contributed by atoms with Crippen LogP contribution in [0, 0.1) is 17.1 Å². The molecule has 114 valence electrons. The van der Waals surface area contributed by atoms with Gasteiger partial charge in [0.05, 0.1) is 11.6 Å². The molecule has 0 amide bonds. The Hall–Kier alpha value is -2.81. The van der Waals surface area contributed by atoms with Gasteiger partial charge in [-0.15, -0.1) is 0 Å². The third-order valence-corrected chi connectivity index (χ3v) is 3.20. The zero-order valence-electron chi connectivity index (χ0n) is 12.6. The van der Waals surface area contributed by atoms with Crippen LogP contribution in [-0.4, -0.2) is 17.6 Å². The van der Waals surface area contributed by atoms with E-state index < -0.39 is 0 Å². The van der Waals surface area contributed by atoms with Gasteiger partial charge in [0.1, 0.15) is 5.82 Å². The standard InChI is InChI=1S/C16H18FN5/c1-19-16(20-9-13-5-6-22(2)11-13)21-10-14-7-12(8-18)3-4-15(14)17/h3-7,11H,9-10H2,1-2H3,(H2,19,20,21). The Morgan fingerprint density at radius 1 is 1.32 bits per heavy atom. The van der Waals surface area contributed by atoms with Crippen molar-refractivity contribution in [3.63, 3.8) is 0 Å². The van der Waals surface area contributed by atoms with E-state index in [4.69, 9.17) is 5.26 Å². The van der Waals surface area contributed by atoms with Crippen molar-refractivity contribution in [2.45, 2.75) is 13.1 Å². The normalized spacial score (nSPS) is 11.1. The smallest absolute Gasteiger partial charge is 0.191 e. The number of guanidine groups is 1. The second-order valence-corrected chi connectivity index (χ2v) is 4.88. The summed E-state index contributed by atoms with van der Waals surface area (Å²) in [5, 5.41) is 15.1. The maximum atomic E-state index is 13.7. The summed E-state index contributed by atoms with van der Waals surface area (Å²) < 4.78 is 15.7. The number of nitrogens with one attached hydrogen (secondary N) is 2. The SMILES string of the molecule is CN=C(NCc1ccn(C)c1)NCc1cc(C#N)ccc1F. The lowest BCUT2D eigenvalue weighted by Crippen LogP contribution is -2.36. The summed E-state index contributed by atoms with van der Waals surface area (Å²) in [4.78, 5) is 4.10. The van der Waals surface area contributed by atoms with Crippen molar-refractivity contribution in [2.24, 2.45) is 12.0 Å². The van der Waals surface area contributed by atoms with E-state index >= 15 is 0 Å². The molecule has 0 aliphatic carbocycles. The molecule has 0 atom stereocenters. The van der Waals surface area contributed by atoms with Crippen LogP contribution in [0.1, 0.15) is 16.7 Å². The van der Waals surface area contributed by atoms with Crippen molar-refractivity contribution < 1.29 is 4.39 Å². The highest BCUT2D eigenvalue weighted by molar-refractivity contribution is 5.79. The first-order chi connectivity index (χ1) is 10.6. The molecular formula is C16H18FN5. The number of aliphatic imine (C=N–C) groups is 1. The molecule has 2 aromatic rings. The molecule has 0 radical (unpaired) electrons. The van der Waals surface area contributed by atoms with Crippen LogP contribution < -0.4 is 10.6 Å². The topological polar surface area (TPSA) is 65.1 Å². The Labute approximate surface area is 129 Å². The molecule has 1 aromatic carbocycles. The van der Waals surface area contributed by atoms with Gasteiger partial charge in [-0.05, 0) is 29.8 Å². The van der Waals surface area contributed by atoms with Crippen molar-refractivity contribution in [3.05, 3.63) is 59.2 Å². The van der Waals surface area contributed by atoms with Crippen LogP contribution in [0.4, 0.5) is 4.39 Å². The molecule has 0 spiro atoms. The minimum absolute atomic E-state index is 0.260. The summed E-state index contributed by atoms with van der Waals surface area (Å²) in [6.07, 6.45) is 3.98. The average molecular weight is 299 g/mol. The maximum Gasteiger partial charge on any atom is 0.191 e. The summed E-state index contributed by atoms with van der Waals surface area (Å²) >= 11 is 0. The monoisotopic (exact) mass is 299 g/mol. The second kappa shape index (κ2) is 7.27. The lowest BCUT2D eigenvalue weighted by Gasteiger charge is -2.12. The Kier molecular flexibility index (Phi) is 5.15. The summed E-state index contributed by atoms with van der Waals surface area (Å²) in [6, 6.07) is 8.31. The Morgan fingerprint density at radius 2 is 2.09 bits per heavy atom. The van der Waals surface area contributed by atoms with E-state index in [-0.39, 0.29) is 12.4 Å². The van der Waals surface area contributed by atoms with E-state index in [2.05, 4.69) is 15.6 Å². The second-order valence-electron chi connectivity index (χ2n) is 4.88. The zero-order valence-corrected chi connectivity index (χ0v) is 12.6. The maximum absolute atomic E-state index is 13.7. The molecule has 0 bridgehead atoms. The molecule has 0 aliphatic heterocycles. The van der Waals surface area contributed by atoms with Gasteiger partial charge in [-0.25, -0.2) is 4.39 Å². The Morgan fingerprint density at radius 3 is 2.73 bits per heavy atom. The van der Waals surface area contributed by atoms with Gasteiger partial charge in [0.2, 0.25) is 0 Å². The molecule has 0 saturated carbocycles. The number of hydrogen-bond acceptors (Lipinski definition) is 2. The fraction of sp³-hybridized carbons (Fsp3) is 0.250. The fourth-order valence-corrected chi connectivity index (χ4v) is 2.03. The number of nitriles is 1. The largest absolute Gasteiger partial charge is 0.357 e. The lowest BCUT2D eigenvalue weighted by atomic mass is 10.1. The van der Waals surface area contributed by atoms with Crippen molar-refractivity contribution in [1.29, 1.82) is 5.26 Å². The molecule has 0 aliphatic rings. The Bertz CT molecular complexity index is 712. The summed E-state index contributed by atoms with van der Waals surface area (Å²) in [7, 11) is 3.61. The minimum atomic E-state index is -0.343. The molecule has 5 nitrogen and oxygen atoms in total. The lowest BCUT2D eigenvalue weighted by molar-refractivity contribution is 0.604. The van der Waals surface area contributed by atoms with E-state index in [1.165, 1.54) is 18.2 Å². The van der Waals surface area contributed by atoms with Gasteiger partial charge in [-0.3, -0.25) is 4.99 Å². The minimum Gasteiger partial charge on any atom is -0.357 e. The van der Waals surface area contributed by atoms with Crippen LogP contribution in [0.15, 0.2) is 41.7 Å². The van der Waals surface area contributed by atoms with Crippen LogP contribution in [-0.2, 0) is 20.1 Å². The zero-order chi connectivity index (χ0) is 15.9. The molecule has 0 unspecified atom stereocenters. The van der Waals surface area contributed by atoms with Gasteiger partial charge in [0.25, 0.3) is 0 Å². The molecular weight excluding hydrogens is 281 g/mol. The van der Waals surface area contributed by atoms with E-state index in [9.17, 15) is 4.39 Å². The first kappa shape index (κ1) is 15.6. The highest BCUT2D eigenvalue weighted by atomic mass is 19.1. The number of aryl methyl sites for hydroxylation is 1.